The minimum atomic E-state index is -0.341. The maximum atomic E-state index is 8.83. The van der Waals surface area contributed by atoms with Gasteiger partial charge in [-0.15, -0.1) is 0 Å². The average molecular weight is 213 g/mol. The predicted octanol–water partition coefficient (Wildman–Crippen LogP) is 2.20. The molecule has 0 aliphatic rings. The molecule has 0 aromatic heterocycles. The Bertz CT molecular complexity index is 418. The molecule has 0 aliphatic heterocycles. The molecule has 0 heterocycles. The van der Waals surface area contributed by atoms with Gasteiger partial charge in [0.25, 0.3) is 0 Å². The molecule has 0 aliphatic carbocycles. The Labute approximate surface area is 96.3 Å². The average Bonchev–Trinajstić information content (AvgIpc) is 2.30. The van der Waals surface area contributed by atoms with Crippen molar-refractivity contribution in [3.63, 3.8) is 0 Å². The van der Waals surface area contributed by atoms with E-state index in [9.17, 15) is 0 Å². The van der Waals surface area contributed by atoms with Crippen LogP contribution in [0.25, 0.3) is 0 Å². The summed E-state index contributed by atoms with van der Waals surface area (Å²) < 4.78 is 0. The van der Waals surface area contributed by atoms with Crippen molar-refractivity contribution < 1.29 is 0 Å². The van der Waals surface area contributed by atoms with Gasteiger partial charge < -0.3 is 5.32 Å². The first-order chi connectivity index (χ1) is 7.57. The van der Waals surface area contributed by atoms with E-state index in [0.29, 0.717) is 12.1 Å². The van der Waals surface area contributed by atoms with E-state index in [1.54, 1.807) is 12.1 Å². The van der Waals surface area contributed by atoms with Crippen LogP contribution in [0.4, 0.5) is 0 Å². The number of hydrogen-bond acceptors (Lipinski definition) is 3. The Morgan fingerprint density at radius 2 is 1.81 bits per heavy atom. The second-order valence-corrected chi connectivity index (χ2v) is 4.41. The van der Waals surface area contributed by atoms with E-state index in [0.717, 1.165) is 12.1 Å². The standard InChI is InChI=1S/C13H15N3/c1-13(2,9-15)10-16-8-12-5-3-11(7-14)4-6-12/h3-6,16H,8,10H2,1-2H3. The molecule has 0 radical (unpaired) electrons. The summed E-state index contributed by atoms with van der Waals surface area (Å²) in [5.41, 5.74) is 1.45. The lowest BCUT2D eigenvalue weighted by atomic mass is 9.96. The second kappa shape index (κ2) is 5.30. The van der Waals surface area contributed by atoms with Crippen molar-refractivity contribution in [1.82, 2.24) is 5.32 Å². The zero-order chi connectivity index (χ0) is 12.0. The van der Waals surface area contributed by atoms with Crippen LogP contribution >= 0.6 is 0 Å². The molecule has 1 aromatic carbocycles. The van der Waals surface area contributed by atoms with E-state index < -0.39 is 0 Å². The van der Waals surface area contributed by atoms with Gasteiger partial charge >= 0.3 is 0 Å². The van der Waals surface area contributed by atoms with E-state index in [-0.39, 0.29) is 5.41 Å². The van der Waals surface area contributed by atoms with Crippen molar-refractivity contribution >= 4 is 0 Å². The molecular weight excluding hydrogens is 198 g/mol. The summed E-state index contributed by atoms with van der Waals surface area (Å²) in [6.07, 6.45) is 0. The lowest BCUT2D eigenvalue weighted by Crippen LogP contribution is -2.27. The van der Waals surface area contributed by atoms with Crippen molar-refractivity contribution in [2.75, 3.05) is 6.54 Å². The highest BCUT2D eigenvalue weighted by Gasteiger charge is 2.15. The molecule has 0 amide bonds. The molecule has 0 saturated heterocycles. The Hall–Kier alpha value is -1.84. The van der Waals surface area contributed by atoms with Crippen LogP contribution in [-0.2, 0) is 6.54 Å². The summed E-state index contributed by atoms with van der Waals surface area (Å²) in [7, 11) is 0. The molecule has 0 atom stereocenters. The number of rotatable bonds is 4. The lowest BCUT2D eigenvalue weighted by Gasteiger charge is -2.15. The summed E-state index contributed by atoms with van der Waals surface area (Å²) >= 11 is 0. The molecule has 1 N–H and O–H groups in total. The summed E-state index contributed by atoms with van der Waals surface area (Å²) in [5, 5.41) is 20.7. The summed E-state index contributed by atoms with van der Waals surface area (Å²) in [6, 6.07) is 11.8. The van der Waals surface area contributed by atoms with E-state index in [1.807, 2.05) is 26.0 Å². The van der Waals surface area contributed by atoms with Crippen LogP contribution in [0.15, 0.2) is 24.3 Å². The highest BCUT2D eigenvalue weighted by molar-refractivity contribution is 5.31. The van der Waals surface area contributed by atoms with Gasteiger partial charge in [0.05, 0.1) is 23.1 Å². The van der Waals surface area contributed by atoms with Crippen molar-refractivity contribution in [2.24, 2.45) is 5.41 Å². The number of nitrogens with zero attached hydrogens (tertiary/aromatic N) is 2. The van der Waals surface area contributed by atoms with Crippen LogP contribution in [0, 0.1) is 28.1 Å². The third-order valence-electron chi connectivity index (χ3n) is 2.28. The summed E-state index contributed by atoms with van der Waals surface area (Å²) in [6.45, 7) is 5.18. The maximum Gasteiger partial charge on any atom is 0.0991 e. The maximum absolute atomic E-state index is 8.83. The van der Waals surface area contributed by atoms with Gasteiger partial charge in [-0.1, -0.05) is 12.1 Å². The van der Waals surface area contributed by atoms with Crippen LogP contribution in [-0.4, -0.2) is 6.54 Å². The van der Waals surface area contributed by atoms with E-state index in [1.165, 1.54) is 0 Å². The van der Waals surface area contributed by atoms with Gasteiger partial charge in [0.1, 0.15) is 0 Å². The highest BCUT2D eigenvalue weighted by atomic mass is 14.9. The monoisotopic (exact) mass is 213 g/mol. The number of nitriles is 2. The minimum absolute atomic E-state index is 0.341. The zero-order valence-electron chi connectivity index (χ0n) is 9.62. The molecule has 1 aromatic rings. The lowest BCUT2D eigenvalue weighted by molar-refractivity contribution is 0.445. The van der Waals surface area contributed by atoms with E-state index in [4.69, 9.17) is 10.5 Å². The van der Waals surface area contributed by atoms with Crippen molar-refractivity contribution in [2.45, 2.75) is 20.4 Å². The highest BCUT2D eigenvalue weighted by Crippen LogP contribution is 2.11. The molecule has 0 bridgehead atoms. The van der Waals surface area contributed by atoms with Crippen LogP contribution < -0.4 is 5.32 Å². The third kappa shape index (κ3) is 3.73. The van der Waals surface area contributed by atoms with Crippen molar-refractivity contribution in [1.29, 1.82) is 10.5 Å². The summed E-state index contributed by atoms with van der Waals surface area (Å²) in [5.74, 6) is 0. The topological polar surface area (TPSA) is 59.6 Å². The van der Waals surface area contributed by atoms with Gasteiger partial charge in [-0.05, 0) is 31.5 Å². The van der Waals surface area contributed by atoms with Gasteiger partial charge in [-0.2, -0.15) is 10.5 Å². The normalized spacial score (nSPS) is 10.5. The number of benzene rings is 1. The quantitative estimate of drug-likeness (QED) is 0.834. The SMILES string of the molecule is CC(C)(C#N)CNCc1ccc(C#N)cc1. The van der Waals surface area contributed by atoms with Crippen LogP contribution in [0.5, 0.6) is 0 Å². The Kier molecular flexibility index (Phi) is 4.05. The van der Waals surface area contributed by atoms with E-state index in [2.05, 4.69) is 17.5 Å². The first-order valence-corrected chi connectivity index (χ1v) is 5.18. The zero-order valence-corrected chi connectivity index (χ0v) is 9.62. The Morgan fingerprint density at radius 1 is 1.19 bits per heavy atom. The van der Waals surface area contributed by atoms with E-state index >= 15 is 0 Å². The van der Waals surface area contributed by atoms with Crippen LogP contribution in [0.2, 0.25) is 0 Å². The molecule has 16 heavy (non-hydrogen) atoms. The molecule has 82 valence electrons. The number of nitrogens with one attached hydrogen (secondary N) is 1. The first-order valence-electron chi connectivity index (χ1n) is 5.18. The Balaban J connectivity index is 2.45. The minimum Gasteiger partial charge on any atom is -0.311 e. The molecule has 0 spiro atoms. The van der Waals surface area contributed by atoms with Crippen molar-refractivity contribution in [3.05, 3.63) is 35.4 Å². The predicted molar refractivity (Wildman–Crippen MR) is 62.3 cm³/mol. The fourth-order valence-corrected chi connectivity index (χ4v) is 1.26. The van der Waals surface area contributed by atoms with Gasteiger partial charge in [0.2, 0.25) is 0 Å². The Morgan fingerprint density at radius 3 is 2.31 bits per heavy atom. The van der Waals surface area contributed by atoms with Gasteiger partial charge in [0.15, 0.2) is 0 Å². The smallest absolute Gasteiger partial charge is 0.0991 e. The largest absolute Gasteiger partial charge is 0.311 e. The molecule has 3 heteroatoms. The van der Waals surface area contributed by atoms with Gasteiger partial charge in [-0.25, -0.2) is 0 Å². The number of hydrogen-bond donors (Lipinski definition) is 1. The fraction of sp³-hybridized carbons (Fsp3) is 0.385. The van der Waals surface area contributed by atoms with Gasteiger partial charge in [-0.3, -0.25) is 0 Å². The first kappa shape index (κ1) is 12.2. The van der Waals surface area contributed by atoms with Crippen molar-refractivity contribution in [3.8, 4) is 12.1 Å². The van der Waals surface area contributed by atoms with Crippen LogP contribution in [0.1, 0.15) is 25.0 Å². The van der Waals surface area contributed by atoms with Gasteiger partial charge in [0, 0.05) is 13.1 Å². The second-order valence-electron chi connectivity index (χ2n) is 4.41. The summed E-state index contributed by atoms with van der Waals surface area (Å²) in [4.78, 5) is 0. The fourth-order valence-electron chi connectivity index (χ4n) is 1.26. The van der Waals surface area contributed by atoms with Crippen LogP contribution in [0.3, 0.4) is 0 Å². The molecule has 0 fully saturated rings. The third-order valence-corrected chi connectivity index (χ3v) is 2.28. The molecule has 1 rings (SSSR count). The molecule has 0 unspecified atom stereocenters. The molecule has 0 saturated carbocycles. The molecular formula is C13H15N3. The molecule has 3 nitrogen and oxygen atoms in total.